The maximum absolute atomic E-state index is 6.19. The number of benzene rings is 1. The third-order valence-electron chi connectivity index (χ3n) is 3.14. The Bertz CT molecular complexity index is 379. The molecule has 2 rings (SSSR count). The van der Waals surface area contributed by atoms with Gasteiger partial charge in [-0.25, -0.2) is 0 Å². The van der Waals surface area contributed by atoms with E-state index in [1.54, 1.807) is 0 Å². The molecule has 1 aromatic carbocycles. The van der Waals surface area contributed by atoms with Gasteiger partial charge in [0.05, 0.1) is 5.38 Å². The lowest BCUT2D eigenvalue weighted by Gasteiger charge is -2.17. The molecule has 1 heteroatoms. The van der Waals surface area contributed by atoms with E-state index in [2.05, 4.69) is 37.3 Å². The van der Waals surface area contributed by atoms with Crippen LogP contribution < -0.4 is 0 Å². The normalized spacial score (nSPS) is 20.6. The summed E-state index contributed by atoms with van der Waals surface area (Å²) in [5.74, 6) is 0. The lowest BCUT2D eigenvalue weighted by atomic mass is 9.92. The fourth-order valence-corrected chi connectivity index (χ4v) is 2.63. The molecule has 0 saturated heterocycles. The first-order valence-electron chi connectivity index (χ1n) is 6.23. The standard InChI is InChI=1S/C15H19Cl/c1-2-5-12-6-3-7-13(10-12)14-8-4-9-15(16)11-14/h3,6-7,10-11,15H,2,4-5,8-9H2,1H3. The van der Waals surface area contributed by atoms with Gasteiger partial charge in [0.15, 0.2) is 0 Å². The zero-order chi connectivity index (χ0) is 11.4. The average molecular weight is 235 g/mol. The van der Waals surface area contributed by atoms with Gasteiger partial charge in [0.2, 0.25) is 0 Å². The predicted molar refractivity (Wildman–Crippen MR) is 71.9 cm³/mol. The third kappa shape index (κ3) is 2.89. The maximum atomic E-state index is 6.19. The molecule has 86 valence electrons. The molecule has 0 nitrogen and oxygen atoms in total. The van der Waals surface area contributed by atoms with E-state index in [-0.39, 0.29) is 5.38 Å². The van der Waals surface area contributed by atoms with Crippen LogP contribution in [0.1, 0.15) is 43.7 Å². The highest BCUT2D eigenvalue weighted by Gasteiger charge is 2.12. The van der Waals surface area contributed by atoms with Crippen molar-refractivity contribution in [1.29, 1.82) is 0 Å². The first-order valence-corrected chi connectivity index (χ1v) is 6.67. The van der Waals surface area contributed by atoms with Crippen molar-refractivity contribution in [2.24, 2.45) is 0 Å². The van der Waals surface area contributed by atoms with E-state index >= 15 is 0 Å². The number of halogens is 1. The van der Waals surface area contributed by atoms with Crippen LogP contribution >= 0.6 is 11.6 Å². The molecule has 1 aromatic rings. The molecule has 0 amide bonds. The molecular formula is C15H19Cl. The minimum Gasteiger partial charge on any atom is -0.118 e. The number of allylic oxidation sites excluding steroid dienone is 2. The molecule has 0 heterocycles. The number of hydrogen-bond donors (Lipinski definition) is 0. The molecule has 1 aliphatic rings. The van der Waals surface area contributed by atoms with Gasteiger partial charge in [0.1, 0.15) is 0 Å². The van der Waals surface area contributed by atoms with Gasteiger partial charge in [-0.15, -0.1) is 11.6 Å². The smallest absolute Gasteiger partial charge is 0.0522 e. The van der Waals surface area contributed by atoms with Crippen molar-refractivity contribution in [2.45, 2.75) is 44.4 Å². The fourth-order valence-electron chi connectivity index (χ4n) is 2.33. The van der Waals surface area contributed by atoms with Crippen LogP contribution in [0, 0.1) is 0 Å². The van der Waals surface area contributed by atoms with E-state index in [0.29, 0.717) is 0 Å². The topological polar surface area (TPSA) is 0 Å². The molecule has 1 aliphatic carbocycles. The summed E-state index contributed by atoms with van der Waals surface area (Å²) in [5, 5.41) is 0.235. The Labute approximate surface area is 103 Å². The van der Waals surface area contributed by atoms with Crippen molar-refractivity contribution in [2.75, 3.05) is 0 Å². The van der Waals surface area contributed by atoms with Crippen molar-refractivity contribution in [1.82, 2.24) is 0 Å². The first-order chi connectivity index (χ1) is 7.79. The summed E-state index contributed by atoms with van der Waals surface area (Å²) in [4.78, 5) is 0. The van der Waals surface area contributed by atoms with E-state index in [0.717, 1.165) is 6.42 Å². The predicted octanol–water partition coefficient (Wildman–Crippen LogP) is 4.81. The monoisotopic (exact) mass is 234 g/mol. The molecule has 0 fully saturated rings. The van der Waals surface area contributed by atoms with Crippen LogP contribution in [-0.4, -0.2) is 5.38 Å². The molecular weight excluding hydrogens is 216 g/mol. The van der Waals surface area contributed by atoms with Crippen LogP contribution in [0.25, 0.3) is 5.57 Å². The van der Waals surface area contributed by atoms with E-state index in [1.165, 1.54) is 42.4 Å². The van der Waals surface area contributed by atoms with Crippen molar-refractivity contribution in [3.8, 4) is 0 Å². The van der Waals surface area contributed by atoms with Crippen LogP contribution in [0.5, 0.6) is 0 Å². The molecule has 0 radical (unpaired) electrons. The van der Waals surface area contributed by atoms with Crippen molar-refractivity contribution in [3.05, 3.63) is 41.5 Å². The van der Waals surface area contributed by atoms with Crippen molar-refractivity contribution in [3.63, 3.8) is 0 Å². The third-order valence-corrected chi connectivity index (χ3v) is 3.49. The summed E-state index contributed by atoms with van der Waals surface area (Å²) in [6.07, 6.45) is 8.14. The Morgan fingerprint density at radius 2 is 2.25 bits per heavy atom. The second-order valence-corrected chi connectivity index (χ2v) is 5.11. The Kier molecular flexibility index (Phi) is 4.06. The lowest BCUT2D eigenvalue weighted by molar-refractivity contribution is 0.747. The Balaban J connectivity index is 2.22. The molecule has 0 saturated carbocycles. The molecule has 0 aromatic heterocycles. The van der Waals surface area contributed by atoms with Crippen LogP contribution in [-0.2, 0) is 6.42 Å². The summed E-state index contributed by atoms with van der Waals surface area (Å²) in [6.45, 7) is 2.22. The van der Waals surface area contributed by atoms with Gasteiger partial charge >= 0.3 is 0 Å². The van der Waals surface area contributed by atoms with Gasteiger partial charge in [-0.3, -0.25) is 0 Å². The minimum absolute atomic E-state index is 0.235. The van der Waals surface area contributed by atoms with Crippen molar-refractivity contribution < 1.29 is 0 Å². The van der Waals surface area contributed by atoms with Gasteiger partial charge in [-0.1, -0.05) is 43.7 Å². The van der Waals surface area contributed by atoms with Gasteiger partial charge in [0.25, 0.3) is 0 Å². The number of aryl methyl sites for hydroxylation is 1. The molecule has 0 bridgehead atoms. The van der Waals surface area contributed by atoms with Crippen molar-refractivity contribution >= 4 is 17.2 Å². The highest BCUT2D eigenvalue weighted by atomic mass is 35.5. The fraction of sp³-hybridized carbons (Fsp3) is 0.467. The van der Waals surface area contributed by atoms with Gasteiger partial charge in [-0.2, -0.15) is 0 Å². The van der Waals surface area contributed by atoms with E-state index in [4.69, 9.17) is 11.6 Å². The number of alkyl halides is 1. The molecule has 1 atom stereocenters. The minimum atomic E-state index is 0.235. The number of rotatable bonds is 3. The molecule has 0 spiro atoms. The van der Waals surface area contributed by atoms with Crippen LogP contribution in [0.2, 0.25) is 0 Å². The van der Waals surface area contributed by atoms with Crippen LogP contribution in [0.4, 0.5) is 0 Å². The SMILES string of the molecule is CCCc1cccc(C2=CC(Cl)CCC2)c1. The summed E-state index contributed by atoms with van der Waals surface area (Å²) < 4.78 is 0. The average Bonchev–Trinajstić information content (AvgIpc) is 2.30. The molecule has 1 unspecified atom stereocenters. The van der Waals surface area contributed by atoms with Crippen LogP contribution in [0.15, 0.2) is 30.3 Å². The summed E-state index contributed by atoms with van der Waals surface area (Å²) >= 11 is 6.19. The summed E-state index contributed by atoms with van der Waals surface area (Å²) in [5.41, 5.74) is 4.25. The molecule has 0 N–H and O–H groups in total. The second-order valence-electron chi connectivity index (χ2n) is 4.55. The number of hydrogen-bond acceptors (Lipinski definition) is 0. The van der Waals surface area contributed by atoms with E-state index < -0.39 is 0 Å². The van der Waals surface area contributed by atoms with Gasteiger partial charge in [-0.05, 0) is 42.4 Å². The zero-order valence-electron chi connectivity index (χ0n) is 9.88. The largest absolute Gasteiger partial charge is 0.118 e. The molecule has 0 aliphatic heterocycles. The zero-order valence-corrected chi connectivity index (χ0v) is 10.6. The van der Waals surface area contributed by atoms with Gasteiger partial charge < -0.3 is 0 Å². The highest BCUT2D eigenvalue weighted by Crippen LogP contribution is 2.29. The van der Waals surface area contributed by atoms with E-state index in [1.807, 2.05) is 0 Å². The lowest BCUT2D eigenvalue weighted by Crippen LogP contribution is -2.02. The van der Waals surface area contributed by atoms with Crippen LogP contribution in [0.3, 0.4) is 0 Å². The quantitative estimate of drug-likeness (QED) is 0.659. The first kappa shape index (κ1) is 11.7. The Hall–Kier alpha value is -0.750. The van der Waals surface area contributed by atoms with Gasteiger partial charge in [0, 0.05) is 0 Å². The maximum Gasteiger partial charge on any atom is 0.0522 e. The summed E-state index contributed by atoms with van der Waals surface area (Å²) in [6, 6.07) is 8.91. The second kappa shape index (κ2) is 5.54. The highest BCUT2D eigenvalue weighted by molar-refractivity contribution is 6.22. The molecule has 16 heavy (non-hydrogen) atoms. The summed E-state index contributed by atoms with van der Waals surface area (Å²) in [7, 11) is 0. The Morgan fingerprint density at radius 3 is 3.00 bits per heavy atom. The van der Waals surface area contributed by atoms with E-state index in [9.17, 15) is 0 Å². The Morgan fingerprint density at radius 1 is 1.38 bits per heavy atom.